The number of hydrogen-bond acceptors (Lipinski definition) is 3. The predicted octanol–water partition coefficient (Wildman–Crippen LogP) is 0.161. The van der Waals surface area contributed by atoms with Gasteiger partial charge in [-0.15, -0.1) is 0 Å². The van der Waals surface area contributed by atoms with Crippen LogP contribution in [0.4, 0.5) is 13.6 Å². The van der Waals surface area contributed by atoms with Gasteiger partial charge in [0, 0.05) is 11.6 Å². The highest BCUT2D eigenvalue weighted by molar-refractivity contribution is 6.03. The number of urea groups is 1. The van der Waals surface area contributed by atoms with Crippen molar-refractivity contribution in [3.63, 3.8) is 0 Å². The zero-order valence-electron chi connectivity index (χ0n) is 8.87. The standard InChI is InChI=1S/C10H7F2N3O3/c11-6-1-5(2-7(12)3-6)9(17)14-15-4-8(16)13-10(15)18/h1-3H,4H2,(H,14,17)(H,13,16,18). The second kappa shape index (κ2) is 4.40. The monoisotopic (exact) mass is 255 g/mol. The van der Waals surface area contributed by atoms with Gasteiger partial charge in [-0.3, -0.25) is 20.3 Å². The topological polar surface area (TPSA) is 78.5 Å². The molecule has 0 spiro atoms. The zero-order valence-corrected chi connectivity index (χ0v) is 8.87. The smallest absolute Gasteiger partial charge is 0.275 e. The molecule has 1 aromatic carbocycles. The maximum atomic E-state index is 12.9. The van der Waals surface area contributed by atoms with Gasteiger partial charge in [0.25, 0.3) is 5.91 Å². The van der Waals surface area contributed by atoms with Gasteiger partial charge in [-0.1, -0.05) is 0 Å². The fourth-order valence-corrected chi connectivity index (χ4v) is 1.40. The average molecular weight is 255 g/mol. The first-order valence-electron chi connectivity index (χ1n) is 4.84. The maximum absolute atomic E-state index is 12.9. The Morgan fingerprint density at radius 2 is 1.83 bits per heavy atom. The fraction of sp³-hybridized carbons (Fsp3) is 0.100. The van der Waals surface area contributed by atoms with Gasteiger partial charge in [-0.05, 0) is 12.1 Å². The van der Waals surface area contributed by atoms with E-state index in [0.29, 0.717) is 11.1 Å². The molecule has 1 fully saturated rings. The number of rotatable bonds is 2. The molecule has 18 heavy (non-hydrogen) atoms. The summed E-state index contributed by atoms with van der Waals surface area (Å²) >= 11 is 0. The molecule has 8 heteroatoms. The van der Waals surface area contributed by atoms with Crippen molar-refractivity contribution in [3.8, 4) is 0 Å². The van der Waals surface area contributed by atoms with Crippen molar-refractivity contribution in [2.24, 2.45) is 0 Å². The van der Waals surface area contributed by atoms with Crippen LogP contribution >= 0.6 is 0 Å². The van der Waals surface area contributed by atoms with Crippen molar-refractivity contribution in [3.05, 3.63) is 35.4 Å². The van der Waals surface area contributed by atoms with Crippen molar-refractivity contribution < 1.29 is 23.2 Å². The SMILES string of the molecule is O=C1CN(NC(=O)c2cc(F)cc(F)c2)C(=O)N1. The van der Waals surface area contributed by atoms with E-state index in [-0.39, 0.29) is 12.1 Å². The normalized spacial score (nSPS) is 14.7. The highest BCUT2D eigenvalue weighted by Gasteiger charge is 2.28. The lowest BCUT2D eigenvalue weighted by atomic mass is 10.2. The third kappa shape index (κ3) is 2.42. The molecule has 0 saturated carbocycles. The van der Waals surface area contributed by atoms with Crippen LogP contribution in [-0.4, -0.2) is 29.4 Å². The van der Waals surface area contributed by atoms with E-state index in [1.165, 1.54) is 0 Å². The van der Waals surface area contributed by atoms with Gasteiger partial charge in [0.05, 0.1) is 0 Å². The lowest BCUT2D eigenvalue weighted by Gasteiger charge is -2.14. The van der Waals surface area contributed by atoms with Crippen LogP contribution in [0.3, 0.4) is 0 Å². The largest absolute Gasteiger partial charge is 0.343 e. The number of carbonyl (C=O) groups is 3. The summed E-state index contributed by atoms with van der Waals surface area (Å²) in [5, 5.41) is 2.65. The summed E-state index contributed by atoms with van der Waals surface area (Å²) < 4.78 is 25.7. The Bertz CT molecular complexity index is 527. The molecule has 1 saturated heterocycles. The number of halogens is 2. The number of nitrogens with one attached hydrogen (secondary N) is 2. The van der Waals surface area contributed by atoms with Crippen LogP contribution in [0.25, 0.3) is 0 Å². The molecule has 0 bridgehead atoms. The molecule has 6 nitrogen and oxygen atoms in total. The molecule has 0 unspecified atom stereocenters. The van der Waals surface area contributed by atoms with Gasteiger partial charge in [-0.2, -0.15) is 0 Å². The number of carbonyl (C=O) groups excluding carboxylic acids is 3. The number of nitrogens with zero attached hydrogens (tertiary/aromatic N) is 1. The molecule has 2 rings (SSSR count). The molecule has 0 aromatic heterocycles. The summed E-state index contributed by atoms with van der Waals surface area (Å²) in [5.74, 6) is -3.30. The summed E-state index contributed by atoms with van der Waals surface area (Å²) in [6, 6.07) is 1.44. The van der Waals surface area contributed by atoms with E-state index in [1.807, 2.05) is 5.32 Å². The number of imide groups is 1. The van der Waals surface area contributed by atoms with Crippen molar-refractivity contribution in [2.45, 2.75) is 0 Å². The lowest BCUT2D eigenvalue weighted by molar-refractivity contribution is -0.118. The Kier molecular flexibility index (Phi) is 2.92. The summed E-state index contributed by atoms with van der Waals surface area (Å²) in [6.07, 6.45) is 0. The molecule has 94 valence electrons. The third-order valence-electron chi connectivity index (χ3n) is 2.15. The Morgan fingerprint density at radius 1 is 1.22 bits per heavy atom. The molecule has 1 aliphatic heterocycles. The van der Waals surface area contributed by atoms with Crippen LogP contribution < -0.4 is 10.7 Å². The highest BCUT2D eigenvalue weighted by Crippen LogP contribution is 2.08. The summed E-state index contributed by atoms with van der Waals surface area (Å²) in [4.78, 5) is 33.5. The van der Waals surface area contributed by atoms with E-state index in [1.54, 1.807) is 0 Å². The van der Waals surface area contributed by atoms with Crippen molar-refractivity contribution in [1.29, 1.82) is 0 Å². The van der Waals surface area contributed by atoms with E-state index >= 15 is 0 Å². The maximum Gasteiger partial charge on any atom is 0.343 e. The number of hydrogen-bond donors (Lipinski definition) is 2. The van der Waals surface area contributed by atoms with Gasteiger partial charge in [-0.25, -0.2) is 18.6 Å². The van der Waals surface area contributed by atoms with E-state index in [4.69, 9.17) is 0 Å². The van der Waals surface area contributed by atoms with Crippen LogP contribution in [0, 0.1) is 11.6 Å². The van der Waals surface area contributed by atoms with Gasteiger partial charge >= 0.3 is 6.03 Å². The van der Waals surface area contributed by atoms with E-state index in [2.05, 4.69) is 5.43 Å². The van der Waals surface area contributed by atoms with Gasteiger partial charge in [0.1, 0.15) is 18.2 Å². The molecule has 0 aliphatic carbocycles. The van der Waals surface area contributed by atoms with Crippen molar-refractivity contribution in [2.75, 3.05) is 6.54 Å². The summed E-state index contributed by atoms with van der Waals surface area (Å²) in [7, 11) is 0. The minimum absolute atomic E-state index is 0.292. The van der Waals surface area contributed by atoms with Crippen LogP contribution in [0.1, 0.15) is 10.4 Å². The number of benzene rings is 1. The minimum atomic E-state index is -0.915. The molecule has 1 aliphatic rings. The van der Waals surface area contributed by atoms with Crippen LogP contribution in [0.15, 0.2) is 18.2 Å². The first-order chi connectivity index (χ1) is 8.45. The molecule has 4 amide bonds. The van der Waals surface area contributed by atoms with Crippen LogP contribution in [-0.2, 0) is 4.79 Å². The summed E-state index contributed by atoms with van der Waals surface area (Å²) in [6.45, 7) is -0.345. The Morgan fingerprint density at radius 3 is 2.33 bits per heavy atom. The zero-order chi connectivity index (χ0) is 13.3. The Labute approximate surface area is 99.5 Å². The predicted molar refractivity (Wildman–Crippen MR) is 54.1 cm³/mol. The van der Waals surface area contributed by atoms with E-state index < -0.39 is 29.5 Å². The Hall–Kier alpha value is -2.51. The first kappa shape index (κ1) is 12.0. The number of amides is 4. The molecule has 0 atom stereocenters. The molecule has 1 heterocycles. The fourth-order valence-electron chi connectivity index (χ4n) is 1.40. The van der Waals surface area contributed by atoms with Crippen molar-refractivity contribution in [1.82, 2.24) is 15.8 Å². The number of hydrazine groups is 1. The van der Waals surface area contributed by atoms with Gasteiger partial charge in [0.15, 0.2) is 0 Å². The van der Waals surface area contributed by atoms with Crippen molar-refractivity contribution >= 4 is 17.8 Å². The molecular formula is C10H7F2N3O3. The van der Waals surface area contributed by atoms with Gasteiger partial charge < -0.3 is 0 Å². The summed E-state index contributed by atoms with van der Waals surface area (Å²) in [5.41, 5.74) is 1.77. The first-order valence-corrected chi connectivity index (χ1v) is 4.84. The quantitative estimate of drug-likeness (QED) is 0.739. The van der Waals surface area contributed by atoms with E-state index in [0.717, 1.165) is 12.1 Å². The van der Waals surface area contributed by atoms with E-state index in [9.17, 15) is 23.2 Å². The second-order valence-corrected chi connectivity index (χ2v) is 3.54. The molecule has 1 aromatic rings. The molecule has 0 radical (unpaired) electrons. The van der Waals surface area contributed by atoms with Crippen LogP contribution in [0.5, 0.6) is 0 Å². The highest BCUT2D eigenvalue weighted by atomic mass is 19.1. The minimum Gasteiger partial charge on any atom is -0.275 e. The molecule has 2 N–H and O–H groups in total. The third-order valence-corrected chi connectivity index (χ3v) is 2.15. The Balaban J connectivity index is 2.12. The second-order valence-electron chi connectivity index (χ2n) is 3.54. The molecular weight excluding hydrogens is 248 g/mol. The van der Waals surface area contributed by atoms with Gasteiger partial charge in [0.2, 0.25) is 5.91 Å². The van der Waals surface area contributed by atoms with Crippen LogP contribution in [0.2, 0.25) is 0 Å². The average Bonchev–Trinajstić information content (AvgIpc) is 2.56. The lowest BCUT2D eigenvalue weighted by Crippen LogP contribution is -2.44.